The summed E-state index contributed by atoms with van der Waals surface area (Å²) < 4.78 is 7.22. The Balaban J connectivity index is 1.92. The Labute approximate surface area is 148 Å². The topological polar surface area (TPSA) is 114 Å². The van der Waals surface area contributed by atoms with Crippen LogP contribution in [0.2, 0.25) is 0 Å². The molecule has 2 heterocycles. The Morgan fingerprint density at radius 1 is 1.27 bits per heavy atom. The first-order chi connectivity index (χ1) is 12.5. The molecule has 0 spiro atoms. The molecule has 1 aromatic carbocycles. The molecule has 0 atom stereocenters. The number of carbonyl (C=O) groups is 2. The van der Waals surface area contributed by atoms with Crippen molar-refractivity contribution >= 4 is 22.8 Å². The summed E-state index contributed by atoms with van der Waals surface area (Å²) in [6.07, 6.45) is 3.25. The summed E-state index contributed by atoms with van der Waals surface area (Å²) in [7, 11) is 1.60. The highest BCUT2D eigenvalue weighted by Crippen LogP contribution is 2.29. The van der Waals surface area contributed by atoms with Gasteiger partial charge in [0.05, 0.1) is 25.4 Å². The van der Waals surface area contributed by atoms with Crippen LogP contribution >= 0.6 is 0 Å². The molecule has 3 aromatic rings. The molecule has 0 radical (unpaired) electrons. The fraction of sp³-hybridized carbons (Fsp3) is 0.167. The van der Waals surface area contributed by atoms with E-state index in [4.69, 9.17) is 9.84 Å². The van der Waals surface area contributed by atoms with Crippen molar-refractivity contribution in [1.82, 2.24) is 14.9 Å². The van der Waals surface area contributed by atoms with E-state index in [0.29, 0.717) is 17.4 Å². The van der Waals surface area contributed by atoms with Crippen molar-refractivity contribution in [3.63, 3.8) is 0 Å². The lowest BCUT2D eigenvalue weighted by atomic mass is 10.2. The number of para-hydroxylation sites is 1. The average molecular weight is 355 g/mol. The van der Waals surface area contributed by atoms with E-state index in [1.165, 1.54) is 6.20 Å². The van der Waals surface area contributed by atoms with Crippen molar-refractivity contribution in [1.29, 1.82) is 0 Å². The minimum Gasteiger partial charge on any atom is -0.505 e. The second-order valence-corrected chi connectivity index (χ2v) is 5.59. The van der Waals surface area contributed by atoms with E-state index in [-0.39, 0.29) is 11.4 Å². The number of benzene rings is 1. The van der Waals surface area contributed by atoms with Gasteiger partial charge in [0, 0.05) is 17.1 Å². The van der Waals surface area contributed by atoms with Crippen LogP contribution in [0.4, 0.5) is 0 Å². The van der Waals surface area contributed by atoms with Gasteiger partial charge in [0.15, 0.2) is 11.4 Å². The molecule has 0 saturated heterocycles. The summed E-state index contributed by atoms with van der Waals surface area (Å²) in [5, 5.41) is 21.6. The third kappa shape index (κ3) is 3.30. The summed E-state index contributed by atoms with van der Waals surface area (Å²) in [4.78, 5) is 26.5. The summed E-state index contributed by atoms with van der Waals surface area (Å²) in [5.41, 5.74) is 1.38. The maximum atomic E-state index is 12.0. The van der Waals surface area contributed by atoms with Crippen LogP contribution in [-0.2, 0) is 11.3 Å². The second-order valence-electron chi connectivity index (χ2n) is 5.59. The lowest BCUT2D eigenvalue weighted by molar-refractivity contribution is -0.135. The van der Waals surface area contributed by atoms with E-state index in [2.05, 4.69) is 10.3 Å². The molecular formula is C18H17N3O5. The third-order valence-electron chi connectivity index (χ3n) is 3.95. The number of ether oxygens (including phenoxy) is 1. The van der Waals surface area contributed by atoms with E-state index in [1.807, 2.05) is 28.8 Å². The van der Waals surface area contributed by atoms with Crippen molar-refractivity contribution in [2.45, 2.75) is 6.54 Å². The Kier molecular flexibility index (Phi) is 4.74. The minimum atomic E-state index is -1.18. The molecular weight excluding hydrogens is 338 g/mol. The number of fused-ring (bicyclic) bond motifs is 1. The lowest BCUT2D eigenvalue weighted by Gasteiger charge is -2.11. The number of carbonyl (C=O) groups excluding carboxylic acids is 1. The molecule has 1 amide bonds. The van der Waals surface area contributed by atoms with Gasteiger partial charge in [-0.2, -0.15) is 0 Å². The van der Waals surface area contributed by atoms with Crippen molar-refractivity contribution in [2.75, 3.05) is 13.7 Å². The maximum Gasteiger partial charge on any atom is 0.322 e. The molecule has 134 valence electrons. The highest BCUT2D eigenvalue weighted by molar-refractivity contribution is 6.01. The first-order valence-corrected chi connectivity index (χ1v) is 7.80. The molecule has 3 N–H and O–H groups in total. The van der Waals surface area contributed by atoms with Gasteiger partial charge in [-0.15, -0.1) is 0 Å². The van der Waals surface area contributed by atoms with E-state index in [9.17, 15) is 14.7 Å². The molecule has 8 heteroatoms. The molecule has 0 bridgehead atoms. The Morgan fingerprint density at radius 3 is 2.77 bits per heavy atom. The van der Waals surface area contributed by atoms with Crippen LogP contribution in [0, 0.1) is 0 Å². The summed E-state index contributed by atoms with van der Waals surface area (Å²) in [6, 6.07) is 9.26. The summed E-state index contributed by atoms with van der Waals surface area (Å²) >= 11 is 0. The smallest absolute Gasteiger partial charge is 0.322 e. The van der Waals surface area contributed by atoms with E-state index < -0.39 is 18.4 Å². The van der Waals surface area contributed by atoms with Gasteiger partial charge in [-0.05, 0) is 12.1 Å². The number of aliphatic carboxylic acids is 1. The molecule has 0 saturated carbocycles. The highest BCUT2D eigenvalue weighted by Gasteiger charge is 2.18. The number of carboxylic acids is 1. The zero-order valence-corrected chi connectivity index (χ0v) is 14.0. The number of methoxy groups -OCH3 is 1. The van der Waals surface area contributed by atoms with Crippen molar-refractivity contribution in [2.24, 2.45) is 0 Å². The zero-order chi connectivity index (χ0) is 18.7. The van der Waals surface area contributed by atoms with Crippen LogP contribution in [0.1, 0.15) is 16.1 Å². The van der Waals surface area contributed by atoms with E-state index >= 15 is 0 Å². The fourth-order valence-corrected chi connectivity index (χ4v) is 2.70. The van der Waals surface area contributed by atoms with Crippen molar-refractivity contribution in [3.8, 4) is 11.5 Å². The van der Waals surface area contributed by atoms with Crippen molar-refractivity contribution < 1.29 is 24.5 Å². The fourth-order valence-electron chi connectivity index (χ4n) is 2.70. The largest absolute Gasteiger partial charge is 0.505 e. The second kappa shape index (κ2) is 7.14. The number of aromatic nitrogens is 2. The average Bonchev–Trinajstić information content (AvgIpc) is 3.04. The van der Waals surface area contributed by atoms with Gasteiger partial charge in [-0.25, -0.2) is 4.98 Å². The van der Waals surface area contributed by atoms with Crippen LogP contribution < -0.4 is 10.1 Å². The monoisotopic (exact) mass is 355 g/mol. The molecule has 0 aliphatic heterocycles. The predicted molar refractivity (Wildman–Crippen MR) is 93.5 cm³/mol. The predicted octanol–water partition coefficient (Wildman–Crippen LogP) is 1.61. The summed E-state index contributed by atoms with van der Waals surface area (Å²) in [6.45, 7) is -0.0496. The van der Waals surface area contributed by atoms with Crippen LogP contribution in [0.5, 0.6) is 11.5 Å². The van der Waals surface area contributed by atoms with Gasteiger partial charge in [0.2, 0.25) is 0 Å². The molecule has 0 unspecified atom stereocenters. The normalized spacial score (nSPS) is 10.7. The Bertz CT molecular complexity index is 980. The number of rotatable bonds is 6. The first kappa shape index (κ1) is 17.3. The molecule has 26 heavy (non-hydrogen) atoms. The third-order valence-corrected chi connectivity index (χ3v) is 3.95. The van der Waals surface area contributed by atoms with Gasteiger partial charge in [-0.1, -0.05) is 18.2 Å². The van der Waals surface area contributed by atoms with Crippen LogP contribution in [-0.4, -0.2) is 45.3 Å². The van der Waals surface area contributed by atoms with Gasteiger partial charge in [0.25, 0.3) is 5.91 Å². The van der Waals surface area contributed by atoms with Gasteiger partial charge >= 0.3 is 5.97 Å². The molecule has 0 fully saturated rings. The van der Waals surface area contributed by atoms with E-state index in [0.717, 1.165) is 11.3 Å². The summed E-state index contributed by atoms with van der Waals surface area (Å²) in [5.74, 6) is -1.47. The standard InChI is InChI=1S/C18H17N3O5/c1-26-14-5-3-2-4-11(14)10-21-7-6-12-13(21)8-19-16(17(12)24)18(25)20-9-15(22)23/h2-8,24H,9-10H2,1H3,(H,20,25)(H,22,23). The molecule has 3 rings (SSSR count). The number of hydrogen-bond acceptors (Lipinski definition) is 5. The van der Waals surface area contributed by atoms with Crippen molar-refractivity contribution in [3.05, 3.63) is 54.0 Å². The Hall–Kier alpha value is -3.55. The van der Waals surface area contributed by atoms with Gasteiger partial charge in [0.1, 0.15) is 12.3 Å². The number of aromatic hydroxyl groups is 1. The molecule has 0 aliphatic rings. The SMILES string of the molecule is COc1ccccc1Cn1ccc2c(O)c(C(=O)NCC(=O)O)ncc21. The number of nitrogens with zero attached hydrogens (tertiary/aromatic N) is 2. The highest BCUT2D eigenvalue weighted by atomic mass is 16.5. The van der Waals surface area contributed by atoms with Crippen LogP contribution in [0.15, 0.2) is 42.7 Å². The van der Waals surface area contributed by atoms with Gasteiger partial charge in [-0.3, -0.25) is 9.59 Å². The quantitative estimate of drug-likeness (QED) is 0.619. The zero-order valence-electron chi connectivity index (χ0n) is 14.0. The van der Waals surface area contributed by atoms with E-state index in [1.54, 1.807) is 19.4 Å². The molecule has 0 aliphatic carbocycles. The van der Waals surface area contributed by atoms with Crippen LogP contribution in [0.3, 0.4) is 0 Å². The van der Waals surface area contributed by atoms with Gasteiger partial charge < -0.3 is 24.8 Å². The maximum absolute atomic E-state index is 12.0. The number of pyridine rings is 1. The number of nitrogens with one attached hydrogen (secondary N) is 1. The molecule has 8 nitrogen and oxygen atoms in total. The molecule has 2 aromatic heterocycles. The first-order valence-electron chi connectivity index (χ1n) is 7.80. The number of hydrogen-bond donors (Lipinski definition) is 3. The lowest BCUT2D eigenvalue weighted by Crippen LogP contribution is -2.29. The Morgan fingerprint density at radius 2 is 2.04 bits per heavy atom. The number of amides is 1. The minimum absolute atomic E-state index is 0.214. The number of carboxylic acid groups (broad SMARTS) is 1. The van der Waals surface area contributed by atoms with Crippen LogP contribution in [0.25, 0.3) is 10.9 Å².